The van der Waals surface area contributed by atoms with Crippen molar-refractivity contribution in [3.8, 4) is 11.1 Å². The van der Waals surface area contributed by atoms with E-state index in [4.69, 9.17) is 16.3 Å². The fourth-order valence-corrected chi connectivity index (χ4v) is 3.97. The molecule has 1 aliphatic heterocycles. The summed E-state index contributed by atoms with van der Waals surface area (Å²) in [5.41, 5.74) is 4.47. The molecule has 0 aliphatic carbocycles. The molecule has 0 unspecified atom stereocenters. The van der Waals surface area contributed by atoms with Crippen molar-refractivity contribution in [1.82, 2.24) is 19.5 Å². The molecule has 8 heteroatoms. The van der Waals surface area contributed by atoms with Crippen LogP contribution >= 0.6 is 11.6 Å². The number of nitrogens with zero attached hydrogens (tertiary/aromatic N) is 4. The number of aromatic amines is 1. The van der Waals surface area contributed by atoms with Gasteiger partial charge in [0.05, 0.1) is 36.7 Å². The second-order valence-electron chi connectivity index (χ2n) is 7.28. The Hall–Kier alpha value is -3.16. The van der Waals surface area contributed by atoms with E-state index in [1.54, 1.807) is 29.2 Å². The van der Waals surface area contributed by atoms with Crippen molar-refractivity contribution in [2.75, 3.05) is 31.2 Å². The Kier molecular flexibility index (Phi) is 4.98. The van der Waals surface area contributed by atoms with Crippen LogP contribution in [0.2, 0.25) is 5.02 Å². The largest absolute Gasteiger partial charge is 0.378 e. The van der Waals surface area contributed by atoms with E-state index in [1.807, 2.05) is 24.5 Å². The molecular weight excluding hydrogens is 402 g/mol. The van der Waals surface area contributed by atoms with Gasteiger partial charge in [0.2, 0.25) is 0 Å². The maximum Gasteiger partial charge on any atom is 0.251 e. The van der Waals surface area contributed by atoms with Crippen molar-refractivity contribution in [1.29, 1.82) is 0 Å². The Morgan fingerprint density at radius 2 is 2.00 bits per heavy atom. The number of ether oxygens (including phenoxy) is 1. The van der Waals surface area contributed by atoms with Gasteiger partial charge in [0.1, 0.15) is 5.65 Å². The summed E-state index contributed by atoms with van der Waals surface area (Å²) in [5.74, 6) is 0. The Morgan fingerprint density at radius 3 is 2.80 bits per heavy atom. The lowest BCUT2D eigenvalue weighted by atomic mass is 10.1. The van der Waals surface area contributed by atoms with E-state index in [-0.39, 0.29) is 5.56 Å². The van der Waals surface area contributed by atoms with Crippen molar-refractivity contribution < 1.29 is 4.74 Å². The van der Waals surface area contributed by atoms with Gasteiger partial charge in [-0.1, -0.05) is 11.6 Å². The summed E-state index contributed by atoms with van der Waals surface area (Å²) in [4.78, 5) is 26.9. The fourth-order valence-electron chi connectivity index (χ4n) is 3.77. The van der Waals surface area contributed by atoms with Crippen LogP contribution in [0.3, 0.4) is 0 Å². The summed E-state index contributed by atoms with van der Waals surface area (Å²) in [7, 11) is 0. The highest BCUT2D eigenvalue weighted by Crippen LogP contribution is 2.30. The Labute approximate surface area is 177 Å². The SMILES string of the molecule is O=c1cc(-c2c[nH]c3ncc(N4CCOCC4)cc23)ccn1Cc1cncc(Cl)c1. The third-order valence-corrected chi connectivity index (χ3v) is 5.52. The first kappa shape index (κ1) is 18.8. The van der Waals surface area contributed by atoms with E-state index in [0.717, 1.165) is 59.7 Å². The molecule has 0 saturated carbocycles. The summed E-state index contributed by atoms with van der Waals surface area (Å²) in [6.45, 7) is 3.56. The molecule has 30 heavy (non-hydrogen) atoms. The molecule has 0 amide bonds. The van der Waals surface area contributed by atoms with Crippen LogP contribution in [0, 0.1) is 0 Å². The lowest BCUT2D eigenvalue weighted by Crippen LogP contribution is -2.36. The average molecular weight is 422 g/mol. The maximum atomic E-state index is 12.7. The second-order valence-corrected chi connectivity index (χ2v) is 7.72. The van der Waals surface area contributed by atoms with Crippen LogP contribution in [-0.4, -0.2) is 45.8 Å². The molecule has 0 radical (unpaired) electrons. The minimum absolute atomic E-state index is 0.0841. The summed E-state index contributed by atoms with van der Waals surface area (Å²) >= 11 is 6.00. The van der Waals surface area contributed by atoms with Crippen LogP contribution < -0.4 is 10.5 Å². The van der Waals surface area contributed by atoms with E-state index in [2.05, 4.69) is 25.9 Å². The normalized spacial score (nSPS) is 14.4. The average Bonchev–Trinajstić information content (AvgIpc) is 3.19. The smallest absolute Gasteiger partial charge is 0.251 e. The van der Waals surface area contributed by atoms with Crippen LogP contribution in [0.4, 0.5) is 5.69 Å². The third kappa shape index (κ3) is 3.69. The predicted octanol–water partition coefficient (Wildman–Crippen LogP) is 3.32. The van der Waals surface area contributed by atoms with E-state index >= 15 is 0 Å². The summed E-state index contributed by atoms with van der Waals surface area (Å²) in [6, 6.07) is 7.54. The maximum absolute atomic E-state index is 12.7. The molecule has 1 fully saturated rings. The number of rotatable bonds is 4. The molecule has 5 rings (SSSR count). The quantitative estimate of drug-likeness (QED) is 0.547. The van der Waals surface area contributed by atoms with E-state index in [1.165, 1.54) is 0 Å². The zero-order valence-corrected chi connectivity index (χ0v) is 17.0. The Bertz CT molecular complexity index is 1260. The number of nitrogens with one attached hydrogen (secondary N) is 1. The third-order valence-electron chi connectivity index (χ3n) is 5.31. The number of aromatic nitrogens is 4. The standard InChI is InChI=1S/C22H20ClN5O2/c23-17-7-15(10-24-11-17)14-28-2-1-16(8-21(28)29)20-13-26-22-19(20)9-18(12-25-22)27-3-5-30-6-4-27/h1-2,7-13H,3-6,14H2,(H,25,26). The number of anilines is 1. The van der Waals surface area contributed by atoms with Crippen LogP contribution in [0.15, 0.2) is 60.0 Å². The van der Waals surface area contributed by atoms with Crippen LogP contribution in [-0.2, 0) is 11.3 Å². The van der Waals surface area contributed by atoms with Gasteiger partial charge < -0.3 is 19.2 Å². The van der Waals surface area contributed by atoms with E-state index in [9.17, 15) is 4.79 Å². The molecule has 0 atom stereocenters. The summed E-state index contributed by atoms with van der Waals surface area (Å²) in [6.07, 6.45) is 8.88. The molecule has 1 aliphatic rings. The van der Waals surface area contributed by atoms with Crippen molar-refractivity contribution in [2.24, 2.45) is 0 Å². The molecule has 1 saturated heterocycles. The number of pyridine rings is 3. The number of fused-ring (bicyclic) bond motifs is 1. The van der Waals surface area contributed by atoms with Gasteiger partial charge >= 0.3 is 0 Å². The molecule has 0 spiro atoms. The summed E-state index contributed by atoms with van der Waals surface area (Å²) in [5, 5.41) is 1.55. The van der Waals surface area contributed by atoms with E-state index in [0.29, 0.717) is 11.6 Å². The van der Waals surface area contributed by atoms with Crippen LogP contribution in [0.25, 0.3) is 22.2 Å². The Balaban J connectivity index is 1.47. The molecule has 0 aromatic carbocycles. The van der Waals surface area contributed by atoms with Crippen molar-refractivity contribution in [3.05, 3.63) is 76.2 Å². The number of H-pyrrole nitrogens is 1. The number of halogens is 1. The highest BCUT2D eigenvalue weighted by Gasteiger charge is 2.15. The van der Waals surface area contributed by atoms with Gasteiger partial charge in [0.15, 0.2) is 0 Å². The fraction of sp³-hybridized carbons (Fsp3) is 0.227. The lowest BCUT2D eigenvalue weighted by molar-refractivity contribution is 0.122. The highest BCUT2D eigenvalue weighted by molar-refractivity contribution is 6.30. The van der Waals surface area contributed by atoms with Crippen molar-refractivity contribution in [2.45, 2.75) is 6.54 Å². The van der Waals surface area contributed by atoms with Crippen LogP contribution in [0.5, 0.6) is 0 Å². The summed E-state index contributed by atoms with van der Waals surface area (Å²) < 4.78 is 7.09. The second kappa shape index (κ2) is 7.93. The molecule has 1 N–H and O–H groups in total. The van der Waals surface area contributed by atoms with Gasteiger partial charge in [-0.05, 0) is 29.3 Å². The Morgan fingerprint density at radius 1 is 1.13 bits per heavy atom. The van der Waals surface area contributed by atoms with Crippen molar-refractivity contribution in [3.63, 3.8) is 0 Å². The molecule has 0 bridgehead atoms. The minimum atomic E-state index is -0.0841. The van der Waals surface area contributed by atoms with Crippen LogP contribution in [0.1, 0.15) is 5.56 Å². The van der Waals surface area contributed by atoms with Crippen molar-refractivity contribution >= 4 is 28.3 Å². The van der Waals surface area contributed by atoms with Gasteiger partial charge in [0, 0.05) is 54.9 Å². The first-order chi connectivity index (χ1) is 14.7. The van der Waals surface area contributed by atoms with Gasteiger partial charge in [-0.15, -0.1) is 0 Å². The number of hydrogen-bond acceptors (Lipinski definition) is 5. The van der Waals surface area contributed by atoms with E-state index < -0.39 is 0 Å². The predicted molar refractivity (Wildman–Crippen MR) is 117 cm³/mol. The zero-order valence-electron chi connectivity index (χ0n) is 16.2. The molecule has 4 aromatic rings. The molecular formula is C22H20ClN5O2. The van der Waals surface area contributed by atoms with Gasteiger partial charge in [0.25, 0.3) is 5.56 Å². The van der Waals surface area contributed by atoms with Gasteiger partial charge in [-0.2, -0.15) is 0 Å². The van der Waals surface area contributed by atoms with Gasteiger partial charge in [-0.3, -0.25) is 9.78 Å². The first-order valence-electron chi connectivity index (χ1n) is 9.77. The monoisotopic (exact) mass is 421 g/mol. The molecule has 5 heterocycles. The molecule has 4 aromatic heterocycles. The number of morpholine rings is 1. The molecule has 152 valence electrons. The topological polar surface area (TPSA) is 76.0 Å². The molecule has 7 nitrogen and oxygen atoms in total. The zero-order chi connectivity index (χ0) is 20.5. The first-order valence-corrected chi connectivity index (χ1v) is 10.2. The highest BCUT2D eigenvalue weighted by atomic mass is 35.5. The lowest BCUT2D eigenvalue weighted by Gasteiger charge is -2.28. The van der Waals surface area contributed by atoms with Gasteiger partial charge in [-0.25, -0.2) is 4.98 Å². The minimum Gasteiger partial charge on any atom is -0.378 e. The number of hydrogen-bond donors (Lipinski definition) is 1.